The first-order valence-corrected chi connectivity index (χ1v) is 9.43. The summed E-state index contributed by atoms with van der Waals surface area (Å²) in [5.74, 6) is 0.973. The number of hydrogen-bond donors (Lipinski definition) is 1. The minimum atomic E-state index is -0.0233. The summed E-state index contributed by atoms with van der Waals surface area (Å²) in [5.41, 5.74) is 2.92. The molecule has 0 bridgehead atoms. The van der Waals surface area contributed by atoms with E-state index in [-0.39, 0.29) is 11.5 Å². The van der Waals surface area contributed by atoms with Crippen molar-refractivity contribution in [1.82, 2.24) is 4.57 Å². The molecule has 0 radical (unpaired) electrons. The summed E-state index contributed by atoms with van der Waals surface area (Å²) in [6.07, 6.45) is 0. The van der Waals surface area contributed by atoms with Crippen molar-refractivity contribution in [2.24, 2.45) is 0 Å². The van der Waals surface area contributed by atoms with Crippen LogP contribution in [0.5, 0.6) is 11.5 Å². The zero-order valence-corrected chi connectivity index (χ0v) is 15.9. The van der Waals surface area contributed by atoms with E-state index in [4.69, 9.17) is 4.74 Å². The molecular weight excluding hydrogens is 358 g/mol. The molecule has 1 N–H and O–H groups in total. The van der Waals surface area contributed by atoms with Crippen LogP contribution in [-0.2, 0) is 6.54 Å². The third-order valence-electron chi connectivity index (χ3n) is 4.63. The molecule has 0 saturated heterocycles. The summed E-state index contributed by atoms with van der Waals surface area (Å²) >= 11 is 1.51. The SMILES string of the molecule is COc1ccc(Cn2c(C)cc3cc(C(=O)c4ccc(O)cc4)sc32)cc1. The van der Waals surface area contributed by atoms with Crippen molar-refractivity contribution in [3.63, 3.8) is 0 Å². The Bertz CT molecular complexity index is 1110. The van der Waals surface area contributed by atoms with Crippen molar-refractivity contribution in [1.29, 1.82) is 0 Å². The Hall–Kier alpha value is -3.05. The normalized spacial score (nSPS) is 11.0. The van der Waals surface area contributed by atoms with Gasteiger partial charge in [-0.2, -0.15) is 0 Å². The van der Waals surface area contributed by atoms with Crippen LogP contribution in [-0.4, -0.2) is 22.6 Å². The van der Waals surface area contributed by atoms with Gasteiger partial charge in [-0.05, 0) is 61.0 Å². The summed E-state index contributed by atoms with van der Waals surface area (Å²) in [5, 5.41) is 10.5. The van der Waals surface area contributed by atoms with Gasteiger partial charge in [-0.15, -0.1) is 11.3 Å². The number of phenols is 1. The lowest BCUT2D eigenvalue weighted by Gasteiger charge is -2.08. The Balaban J connectivity index is 1.66. The van der Waals surface area contributed by atoms with Crippen LogP contribution < -0.4 is 4.74 Å². The predicted molar refractivity (Wildman–Crippen MR) is 108 cm³/mol. The lowest BCUT2D eigenvalue weighted by molar-refractivity contribution is 0.104. The Labute approximate surface area is 161 Å². The van der Waals surface area contributed by atoms with Crippen LogP contribution in [0, 0.1) is 6.92 Å². The summed E-state index contributed by atoms with van der Waals surface area (Å²) in [6.45, 7) is 2.82. The number of carbonyl (C=O) groups excluding carboxylic acids is 1. The first kappa shape index (κ1) is 17.4. The maximum atomic E-state index is 12.8. The minimum Gasteiger partial charge on any atom is -0.508 e. The smallest absolute Gasteiger partial charge is 0.203 e. The summed E-state index contributed by atoms with van der Waals surface area (Å²) in [6, 6.07) is 18.5. The van der Waals surface area contributed by atoms with Crippen LogP contribution in [0.15, 0.2) is 60.7 Å². The number of aromatic hydroxyl groups is 1. The Kier molecular flexibility index (Phi) is 4.46. The van der Waals surface area contributed by atoms with Gasteiger partial charge < -0.3 is 14.4 Å². The zero-order valence-electron chi connectivity index (χ0n) is 15.1. The number of phenolic OH excluding ortho intramolecular Hbond substituents is 1. The van der Waals surface area contributed by atoms with Crippen molar-refractivity contribution in [3.8, 4) is 11.5 Å². The molecule has 0 aliphatic rings. The highest BCUT2D eigenvalue weighted by Gasteiger charge is 2.16. The van der Waals surface area contributed by atoms with Crippen molar-refractivity contribution >= 4 is 27.3 Å². The largest absolute Gasteiger partial charge is 0.508 e. The number of hydrogen-bond acceptors (Lipinski definition) is 4. The molecule has 0 atom stereocenters. The van der Waals surface area contributed by atoms with Gasteiger partial charge in [0.2, 0.25) is 5.78 Å². The van der Waals surface area contributed by atoms with E-state index in [1.165, 1.54) is 29.0 Å². The van der Waals surface area contributed by atoms with E-state index < -0.39 is 0 Å². The van der Waals surface area contributed by atoms with Crippen LogP contribution in [0.1, 0.15) is 26.5 Å². The van der Waals surface area contributed by atoms with Gasteiger partial charge in [0, 0.05) is 23.2 Å². The van der Waals surface area contributed by atoms with Crippen molar-refractivity contribution in [2.75, 3.05) is 7.11 Å². The molecule has 0 saturated carbocycles. The number of carbonyl (C=O) groups is 1. The number of rotatable bonds is 5. The minimum absolute atomic E-state index is 0.0233. The number of nitrogens with zero attached hydrogens (tertiary/aromatic N) is 1. The molecule has 136 valence electrons. The molecule has 2 aromatic carbocycles. The first-order valence-electron chi connectivity index (χ1n) is 8.61. The Morgan fingerprint density at radius 3 is 2.44 bits per heavy atom. The van der Waals surface area contributed by atoms with Crippen molar-refractivity contribution in [2.45, 2.75) is 13.5 Å². The highest BCUT2D eigenvalue weighted by Crippen LogP contribution is 2.31. The molecule has 27 heavy (non-hydrogen) atoms. The van der Waals surface area contributed by atoms with Gasteiger partial charge in [-0.3, -0.25) is 4.79 Å². The fraction of sp³-hybridized carbons (Fsp3) is 0.136. The maximum absolute atomic E-state index is 12.8. The molecule has 0 amide bonds. The standard InChI is InChI=1S/C22H19NO3S/c1-14-11-17-12-20(21(25)16-5-7-18(24)8-6-16)27-22(17)23(14)13-15-3-9-19(26-2)10-4-15/h3-12,24H,13H2,1-2H3. The molecule has 0 fully saturated rings. The molecule has 4 aromatic rings. The number of ether oxygens (including phenoxy) is 1. The number of fused-ring (bicyclic) bond motifs is 1. The van der Waals surface area contributed by atoms with E-state index in [2.05, 4.69) is 29.7 Å². The number of aromatic nitrogens is 1. The van der Waals surface area contributed by atoms with E-state index in [9.17, 15) is 9.90 Å². The molecule has 0 aliphatic heterocycles. The molecular formula is C22H19NO3S. The van der Waals surface area contributed by atoms with Crippen LogP contribution in [0.2, 0.25) is 0 Å². The number of benzene rings is 2. The van der Waals surface area contributed by atoms with Gasteiger partial charge in [-0.25, -0.2) is 0 Å². The number of methoxy groups -OCH3 is 1. The van der Waals surface area contributed by atoms with Crippen LogP contribution in [0.25, 0.3) is 10.2 Å². The average molecular weight is 377 g/mol. The average Bonchev–Trinajstić information content (AvgIpc) is 3.21. The Morgan fingerprint density at radius 2 is 1.78 bits per heavy atom. The van der Waals surface area contributed by atoms with Gasteiger partial charge in [0.15, 0.2) is 0 Å². The number of ketones is 1. The summed E-state index contributed by atoms with van der Waals surface area (Å²) < 4.78 is 7.45. The van der Waals surface area contributed by atoms with E-state index in [0.29, 0.717) is 10.4 Å². The molecule has 0 unspecified atom stereocenters. The lowest BCUT2D eigenvalue weighted by Crippen LogP contribution is -2.01. The van der Waals surface area contributed by atoms with E-state index in [1.807, 2.05) is 18.2 Å². The van der Waals surface area contributed by atoms with Gasteiger partial charge in [0.1, 0.15) is 16.3 Å². The third-order valence-corrected chi connectivity index (χ3v) is 5.80. The van der Waals surface area contributed by atoms with Gasteiger partial charge in [-0.1, -0.05) is 12.1 Å². The predicted octanol–water partition coefficient (Wildman–Crippen LogP) is 5.00. The van der Waals surface area contributed by atoms with E-state index in [1.54, 1.807) is 19.2 Å². The highest BCUT2D eigenvalue weighted by molar-refractivity contribution is 7.20. The Morgan fingerprint density at radius 1 is 1.07 bits per heavy atom. The molecule has 5 heteroatoms. The van der Waals surface area contributed by atoms with Gasteiger partial charge in [0.25, 0.3) is 0 Å². The lowest BCUT2D eigenvalue weighted by atomic mass is 10.1. The number of thiophene rings is 1. The quantitative estimate of drug-likeness (QED) is 0.498. The molecule has 0 aliphatic carbocycles. The molecule has 2 aromatic heterocycles. The maximum Gasteiger partial charge on any atom is 0.203 e. The first-order chi connectivity index (χ1) is 13.0. The van der Waals surface area contributed by atoms with E-state index >= 15 is 0 Å². The third kappa shape index (κ3) is 3.34. The summed E-state index contributed by atoms with van der Waals surface area (Å²) in [4.78, 5) is 14.5. The number of aryl methyl sites for hydroxylation is 1. The topological polar surface area (TPSA) is 51.5 Å². The second-order valence-electron chi connectivity index (χ2n) is 6.47. The summed E-state index contributed by atoms with van der Waals surface area (Å²) in [7, 11) is 1.66. The van der Waals surface area contributed by atoms with Crippen molar-refractivity contribution in [3.05, 3.63) is 82.4 Å². The van der Waals surface area contributed by atoms with E-state index in [0.717, 1.165) is 28.2 Å². The molecule has 4 nitrogen and oxygen atoms in total. The molecule has 2 heterocycles. The molecule has 0 spiro atoms. The van der Waals surface area contributed by atoms with Gasteiger partial charge >= 0.3 is 0 Å². The zero-order chi connectivity index (χ0) is 19.0. The fourth-order valence-corrected chi connectivity index (χ4v) is 4.31. The van der Waals surface area contributed by atoms with Crippen LogP contribution >= 0.6 is 11.3 Å². The van der Waals surface area contributed by atoms with Crippen LogP contribution in [0.3, 0.4) is 0 Å². The van der Waals surface area contributed by atoms with Crippen LogP contribution in [0.4, 0.5) is 0 Å². The second kappa shape index (κ2) is 6.93. The van der Waals surface area contributed by atoms with Crippen molar-refractivity contribution < 1.29 is 14.6 Å². The monoisotopic (exact) mass is 377 g/mol. The van der Waals surface area contributed by atoms with Gasteiger partial charge in [0.05, 0.1) is 12.0 Å². The molecule has 4 rings (SSSR count). The fourth-order valence-electron chi connectivity index (χ4n) is 3.15. The highest BCUT2D eigenvalue weighted by atomic mass is 32.1. The second-order valence-corrected chi connectivity index (χ2v) is 7.50.